The zero-order chi connectivity index (χ0) is 16.9. The molecule has 2 nitrogen and oxygen atoms in total. The zero-order valence-corrected chi connectivity index (χ0v) is 13.9. The molecule has 2 rings (SSSR count). The summed E-state index contributed by atoms with van der Waals surface area (Å²) in [5.74, 6) is 0.768. The van der Waals surface area contributed by atoms with E-state index in [0.717, 1.165) is 16.9 Å². The van der Waals surface area contributed by atoms with Crippen molar-refractivity contribution < 1.29 is 13.9 Å². The molecule has 0 atom stereocenters. The maximum absolute atomic E-state index is 12.9. The van der Waals surface area contributed by atoms with Crippen molar-refractivity contribution in [2.45, 2.75) is 40.2 Å². The number of benzene rings is 2. The van der Waals surface area contributed by atoms with Crippen LogP contribution in [0.5, 0.6) is 5.75 Å². The zero-order valence-electron chi connectivity index (χ0n) is 13.9. The predicted octanol–water partition coefficient (Wildman–Crippen LogP) is 4.95. The number of carbonyl (C=O) groups excluding carboxylic acids is 1. The second-order valence-electron chi connectivity index (χ2n) is 6.74. The molecule has 0 saturated heterocycles. The van der Waals surface area contributed by atoms with Gasteiger partial charge in [0.2, 0.25) is 0 Å². The van der Waals surface area contributed by atoms with Gasteiger partial charge in [-0.2, -0.15) is 0 Å². The third-order valence-electron chi connectivity index (χ3n) is 3.69. The summed E-state index contributed by atoms with van der Waals surface area (Å²) < 4.78 is 18.6. The molecule has 0 spiro atoms. The fraction of sp³-hybridized carbons (Fsp3) is 0.350. The van der Waals surface area contributed by atoms with Gasteiger partial charge in [0.05, 0.1) is 0 Å². The van der Waals surface area contributed by atoms with Crippen LogP contribution in [0.15, 0.2) is 48.5 Å². The Morgan fingerprint density at radius 2 is 1.74 bits per heavy atom. The van der Waals surface area contributed by atoms with Gasteiger partial charge in [-0.25, -0.2) is 4.39 Å². The van der Waals surface area contributed by atoms with Gasteiger partial charge in [0, 0.05) is 11.8 Å². The van der Waals surface area contributed by atoms with Crippen molar-refractivity contribution in [3.8, 4) is 5.75 Å². The second-order valence-corrected chi connectivity index (χ2v) is 6.74. The summed E-state index contributed by atoms with van der Waals surface area (Å²) in [6.45, 7) is 6.22. The Morgan fingerprint density at radius 3 is 2.39 bits per heavy atom. The Balaban J connectivity index is 1.92. The van der Waals surface area contributed by atoms with Crippen LogP contribution in [-0.4, -0.2) is 5.78 Å². The third-order valence-corrected chi connectivity index (χ3v) is 3.69. The number of ketones is 1. The van der Waals surface area contributed by atoms with E-state index in [4.69, 9.17) is 4.74 Å². The van der Waals surface area contributed by atoms with Gasteiger partial charge in [-0.15, -0.1) is 0 Å². The molecular weight excluding hydrogens is 291 g/mol. The molecule has 0 heterocycles. The van der Waals surface area contributed by atoms with E-state index >= 15 is 0 Å². The first-order valence-electron chi connectivity index (χ1n) is 7.84. The fourth-order valence-electron chi connectivity index (χ4n) is 2.17. The number of hydrogen-bond acceptors (Lipinski definition) is 2. The van der Waals surface area contributed by atoms with Crippen molar-refractivity contribution in [2.24, 2.45) is 5.41 Å². The maximum Gasteiger partial charge on any atom is 0.138 e. The molecule has 0 bridgehead atoms. The fourth-order valence-corrected chi connectivity index (χ4v) is 2.17. The lowest BCUT2D eigenvalue weighted by molar-refractivity contribution is -0.126. The minimum absolute atomic E-state index is 0.251. The van der Waals surface area contributed by atoms with Crippen LogP contribution < -0.4 is 4.74 Å². The molecule has 0 amide bonds. The molecule has 122 valence electrons. The Labute approximate surface area is 137 Å². The largest absolute Gasteiger partial charge is 0.489 e. The van der Waals surface area contributed by atoms with Crippen molar-refractivity contribution in [3.05, 3.63) is 65.5 Å². The van der Waals surface area contributed by atoms with E-state index in [1.165, 1.54) is 12.1 Å². The highest BCUT2D eigenvalue weighted by Crippen LogP contribution is 2.20. The van der Waals surface area contributed by atoms with E-state index in [1.54, 1.807) is 12.1 Å². The molecule has 3 heteroatoms. The summed E-state index contributed by atoms with van der Waals surface area (Å²) in [7, 11) is 0. The van der Waals surface area contributed by atoms with Crippen LogP contribution in [0.3, 0.4) is 0 Å². The van der Waals surface area contributed by atoms with Crippen LogP contribution in [0, 0.1) is 11.2 Å². The molecule has 2 aromatic carbocycles. The number of aryl methyl sites for hydroxylation is 1. The number of ether oxygens (including phenoxy) is 1. The molecule has 0 aliphatic rings. The Kier molecular flexibility index (Phi) is 5.54. The lowest BCUT2D eigenvalue weighted by Gasteiger charge is -2.16. The van der Waals surface area contributed by atoms with Crippen molar-refractivity contribution in [1.29, 1.82) is 0 Å². The average molecular weight is 314 g/mol. The molecule has 2 aromatic rings. The van der Waals surface area contributed by atoms with Crippen molar-refractivity contribution in [2.75, 3.05) is 0 Å². The van der Waals surface area contributed by atoms with Crippen molar-refractivity contribution in [3.63, 3.8) is 0 Å². The van der Waals surface area contributed by atoms with E-state index in [9.17, 15) is 9.18 Å². The smallest absolute Gasteiger partial charge is 0.138 e. The average Bonchev–Trinajstić information content (AvgIpc) is 2.51. The topological polar surface area (TPSA) is 26.3 Å². The molecule has 0 aliphatic carbocycles. The maximum atomic E-state index is 12.9. The Bertz CT molecular complexity index is 654. The monoisotopic (exact) mass is 314 g/mol. The molecule has 0 unspecified atom stereocenters. The third kappa shape index (κ3) is 5.51. The lowest BCUT2D eigenvalue weighted by Crippen LogP contribution is -2.20. The minimum Gasteiger partial charge on any atom is -0.489 e. The summed E-state index contributed by atoms with van der Waals surface area (Å²) in [6, 6.07) is 14.0. The summed E-state index contributed by atoms with van der Waals surface area (Å²) in [5.41, 5.74) is 1.70. The highest BCUT2D eigenvalue weighted by atomic mass is 19.1. The summed E-state index contributed by atoms with van der Waals surface area (Å²) in [5, 5.41) is 0. The molecule has 0 saturated carbocycles. The van der Waals surface area contributed by atoms with Gasteiger partial charge in [0.1, 0.15) is 24.0 Å². The first-order valence-corrected chi connectivity index (χ1v) is 7.84. The van der Waals surface area contributed by atoms with Gasteiger partial charge in [0.15, 0.2) is 0 Å². The van der Waals surface area contributed by atoms with E-state index in [1.807, 2.05) is 45.0 Å². The van der Waals surface area contributed by atoms with Crippen LogP contribution in [0.2, 0.25) is 0 Å². The molecule has 0 aliphatic heterocycles. The first-order chi connectivity index (χ1) is 10.8. The summed E-state index contributed by atoms with van der Waals surface area (Å²) >= 11 is 0. The lowest BCUT2D eigenvalue weighted by atomic mass is 9.87. The standard InChI is InChI=1S/C20H23FO2/c1-20(2,3)19(22)12-9-15-5-4-6-18(13-15)23-14-16-7-10-17(21)11-8-16/h4-8,10-11,13H,9,12,14H2,1-3H3. The van der Waals surface area contributed by atoms with Crippen LogP contribution in [-0.2, 0) is 17.8 Å². The molecule has 0 fully saturated rings. The SMILES string of the molecule is CC(C)(C)C(=O)CCc1cccc(OCc2ccc(F)cc2)c1. The number of Topliss-reactive ketones (excluding diaryl/α,β-unsaturated/α-hetero) is 1. The molecule has 23 heavy (non-hydrogen) atoms. The van der Waals surface area contributed by atoms with E-state index < -0.39 is 0 Å². The van der Waals surface area contributed by atoms with E-state index in [0.29, 0.717) is 19.4 Å². The number of hydrogen-bond donors (Lipinski definition) is 0. The highest BCUT2D eigenvalue weighted by molar-refractivity contribution is 5.83. The number of rotatable bonds is 6. The highest BCUT2D eigenvalue weighted by Gasteiger charge is 2.20. The molecular formula is C20H23FO2. The van der Waals surface area contributed by atoms with Gasteiger partial charge >= 0.3 is 0 Å². The van der Waals surface area contributed by atoms with Gasteiger partial charge in [-0.1, -0.05) is 45.0 Å². The normalized spacial score (nSPS) is 11.3. The van der Waals surface area contributed by atoms with E-state index in [-0.39, 0.29) is 17.0 Å². The predicted molar refractivity (Wildman–Crippen MR) is 90.0 cm³/mol. The van der Waals surface area contributed by atoms with Crippen LogP contribution in [0.25, 0.3) is 0 Å². The molecule has 0 radical (unpaired) electrons. The van der Waals surface area contributed by atoms with Gasteiger partial charge < -0.3 is 4.74 Å². The van der Waals surface area contributed by atoms with Crippen molar-refractivity contribution in [1.82, 2.24) is 0 Å². The Hall–Kier alpha value is -2.16. The van der Waals surface area contributed by atoms with Crippen LogP contribution >= 0.6 is 0 Å². The molecule has 0 N–H and O–H groups in total. The second kappa shape index (κ2) is 7.40. The van der Waals surface area contributed by atoms with E-state index in [2.05, 4.69) is 0 Å². The van der Waals surface area contributed by atoms with Crippen molar-refractivity contribution >= 4 is 5.78 Å². The summed E-state index contributed by atoms with van der Waals surface area (Å²) in [6.07, 6.45) is 1.24. The van der Waals surface area contributed by atoms with Gasteiger partial charge in [0.25, 0.3) is 0 Å². The van der Waals surface area contributed by atoms with Crippen LogP contribution in [0.4, 0.5) is 4.39 Å². The Morgan fingerprint density at radius 1 is 1.04 bits per heavy atom. The molecule has 0 aromatic heterocycles. The number of carbonyl (C=O) groups is 1. The quantitative estimate of drug-likeness (QED) is 0.754. The number of halogens is 1. The van der Waals surface area contributed by atoms with Gasteiger partial charge in [-0.3, -0.25) is 4.79 Å². The minimum atomic E-state index is -0.295. The summed E-state index contributed by atoms with van der Waals surface area (Å²) in [4.78, 5) is 12.0. The van der Waals surface area contributed by atoms with Gasteiger partial charge in [-0.05, 0) is 41.8 Å². The van der Waals surface area contributed by atoms with Crippen LogP contribution in [0.1, 0.15) is 38.3 Å². The first kappa shape index (κ1) is 17.2.